The molecule has 3 nitrogen and oxygen atoms in total. The van der Waals surface area contributed by atoms with Gasteiger partial charge in [-0.05, 0) is 68.4 Å². The van der Waals surface area contributed by atoms with Gasteiger partial charge in [0.25, 0.3) is 10.0 Å². The summed E-state index contributed by atoms with van der Waals surface area (Å²) in [5.41, 5.74) is 4.88. The first kappa shape index (κ1) is 22.6. The molecule has 0 spiro atoms. The quantitative estimate of drug-likeness (QED) is 0.390. The van der Waals surface area contributed by atoms with Gasteiger partial charge in [0.1, 0.15) is 5.00 Å². The first-order valence-electron chi connectivity index (χ1n) is 10.5. The topological polar surface area (TPSA) is 37.4 Å². The van der Waals surface area contributed by atoms with E-state index in [1.807, 2.05) is 25.1 Å². The zero-order valence-electron chi connectivity index (χ0n) is 18.3. The largest absolute Gasteiger partial charge is 0.264 e. The van der Waals surface area contributed by atoms with E-state index >= 15 is 0 Å². The van der Waals surface area contributed by atoms with Crippen molar-refractivity contribution in [2.45, 2.75) is 57.8 Å². The Balaban J connectivity index is 1.95. The molecule has 0 saturated heterocycles. The first-order valence-corrected chi connectivity index (χ1v) is 12.8. The lowest BCUT2D eigenvalue weighted by Gasteiger charge is -2.20. The van der Waals surface area contributed by atoms with Gasteiger partial charge in [0, 0.05) is 11.9 Å². The standard InChI is InChI=1S/C25H31NO2S2/c1-5-6-12-24-23(18-15-21-10-8-7-9-11-21)20(3)29-25(24)26(4)30(27,28)22-16-13-19(2)14-17-22/h7-11,13-14,16-17H,5-6,12,15,18H2,1-4H3. The van der Waals surface area contributed by atoms with E-state index in [1.165, 1.54) is 25.9 Å². The molecule has 30 heavy (non-hydrogen) atoms. The molecule has 0 fully saturated rings. The summed E-state index contributed by atoms with van der Waals surface area (Å²) in [6.07, 6.45) is 4.95. The van der Waals surface area contributed by atoms with Gasteiger partial charge in [0.2, 0.25) is 0 Å². The predicted octanol–water partition coefficient (Wildman–Crippen LogP) is 6.32. The fourth-order valence-corrected chi connectivity index (χ4v) is 6.34. The highest BCUT2D eigenvalue weighted by atomic mass is 32.2. The minimum absolute atomic E-state index is 0.342. The van der Waals surface area contributed by atoms with Crippen LogP contribution in [0, 0.1) is 13.8 Å². The number of thiophene rings is 1. The van der Waals surface area contributed by atoms with Crippen molar-refractivity contribution in [2.24, 2.45) is 0 Å². The monoisotopic (exact) mass is 441 g/mol. The van der Waals surface area contributed by atoms with Gasteiger partial charge in [-0.3, -0.25) is 4.31 Å². The molecule has 0 aliphatic heterocycles. The van der Waals surface area contributed by atoms with Crippen LogP contribution >= 0.6 is 11.3 Å². The van der Waals surface area contributed by atoms with Crippen molar-refractivity contribution in [3.63, 3.8) is 0 Å². The highest BCUT2D eigenvalue weighted by molar-refractivity contribution is 7.93. The summed E-state index contributed by atoms with van der Waals surface area (Å²) in [5, 5.41) is 0.865. The Morgan fingerprint density at radius 2 is 1.53 bits per heavy atom. The lowest BCUT2D eigenvalue weighted by molar-refractivity contribution is 0.594. The average Bonchev–Trinajstić information content (AvgIpc) is 3.06. The van der Waals surface area contributed by atoms with Gasteiger partial charge >= 0.3 is 0 Å². The van der Waals surface area contributed by atoms with Gasteiger partial charge in [0.15, 0.2) is 0 Å². The zero-order valence-corrected chi connectivity index (χ0v) is 19.9. The second-order valence-corrected chi connectivity index (χ2v) is 11.0. The van der Waals surface area contributed by atoms with E-state index in [-0.39, 0.29) is 0 Å². The Morgan fingerprint density at radius 1 is 0.867 bits per heavy atom. The second kappa shape index (κ2) is 9.80. The molecular weight excluding hydrogens is 410 g/mol. The van der Waals surface area contributed by atoms with Gasteiger partial charge in [-0.25, -0.2) is 8.42 Å². The number of sulfonamides is 1. The van der Waals surface area contributed by atoms with Crippen molar-refractivity contribution in [3.8, 4) is 0 Å². The van der Waals surface area contributed by atoms with Crippen LogP contribution in [0.2, 0.25) is 0 Å². The third kappa shape index (κ3) is 4.96. The zero-order chi connectivity index (χ0) is 21.7. The van der Waals surface area contributed by atoms with Crippen LogP contribution in [0.5, 0.6) is 0 Å². The number of aryl methyl sites for hydroxylation is 3. The summed E-state index contributed by atoms with van der Waals surface area (Å²) < 4.78 is 28.1. The third-order valence-corrected chi connectivity index (χ3v) is 8.70. The highest BCUT2D eigenvalue weighted by Gasteiger charge is 2.27. The molecule has 0 N–H and O–H groups in total. The number of anilines is 1. The van der Waals surface area contributed by atoms with E-state index in [1.54, 1.807) is 30.5 Å². The molecule has 0 atom stereocenters. The van der Waals surface area contributed by atoms with Crippen molar-refractivity contribution < 1.29 is 8.42 Å². The molecule has 5 heteroatoms. The van der Waals surface area contributed by atoms with Crippen LogP contribution in [0.15, 0.2) is 59.5 Å². The molecule has 0 radical (unpaired) electrons. The number of hydrogen-bond acceptors (Lipinski definition) is 3. The average molecular weight is 442 g/mol. The summed E-state index contributed by atoms with van der Waals surface area (Å²) >= 11 is 1.61. The van der Waals surface area contributed by atoms with E-state index in [4.69, 9.17) is 0 Å². The number of rotatable bonds is 9. The molecule has 3 aromatic rings. The maximum absolute atomic E-state index is 13.3. The summed E-state index contributed by atoms with van der Waals surface area (Å²) in [5.74, 6) is 0. The smallest absolute Gasteiger partial charge is 0.260 e. The minimum Gasteiger partial charge on any atom is -0.260 e. The van der Waals surface area contributed by atoms with Crippen LogP contribution in [0.1, 0.15) is 46.9 Å². The lowest BCUT2D eigenvalue weighted by atomic mass is 9.98. The number of nitrogens with zero attached hydrogens (tertiary/aromatic N) is 1. The van der Waals surface area contributed by atoms with Gasteiger partial charge in [-0.1, -0.05) is 61.4 Å². The maximum atomic E-state index is 13.3. The maximum Gasteiger partial charge on any atom is 0.264 e. The van der Waals surface area contributed by atoms with Gasteiger partial charge in [-0.2, -0.15) is 0 Å². The fraction of sp³-hybridized carbons (Fsp3) is 0.360. The second-order valence-electron chi connectivity index (χ2n) is 7.80. The molecule has 0 saturated carbocycles. The van der Waals surface area contributed by atoms with E-state index in [0.717, 1.165) is 42.7 Å². The van der Waals surface area contributed by atoms with E-state index in [2.05, 4.69) is 38.1 Å². The summed E-state index contributed by atoms with van der Waals surface area (Å²) in [7, 11) is -1.89. The van der Waals surface area contributed by atoms with Crippen molar-refractivity contribution in [1.82, 2.24) is 0 Å². The Hall–Kier alpha value is -2.11. The van der Waals surface area contributed by atoms with Crippen LogP contribution in [-0.2, 0) is 29.3 Å². The summed E-state index contributed by atoms with van der Waals surface area (Å²) in [4.78, 5) is 1.56. The van der Waals surface area contributed by atoms with Crippen LogP contribution in [0.25, 0.3) is 0 Å². The van der Waals surface area contributed by atoms with E-state index in [9.17, 15) is 8.42 Å². The van der Waals surface area contributed by atoms with Crippen LogP contribution < -0.4 is 4.31 Å². The van der Waals surface area contributed by atoms with E-state index in [0.29, 0.717) is 4.90 Å². The summed E-state index contributed by atoms with van der Waals surface area (Å²) in [6.45, 7) is 6.26. The number of unbranched alkanes of at least 4 members (excludes halogenated alkanes) is 1. The van der Waals surface area contributed by atoms with Gasteiger partial charge in [-0.15, -0.1) is 11.3 Å². The SMILES string of the molecule is CCCCc1c(N(C)S(=O)(=O)c2ccc(C)cc2)sc(C)c1CCc1ccccc1. The summed E-state index contributed by atoms with van der Waals surface area (Å²) in [6, 6.07) is 17.6. The predicted molar refractivity (Wildman–Crippen MR) is 128 cm³/mol. The molecule has 1 heterocycles. The Morgan fingerprint density at radius 3 is 2.17 bits per heavy atom. The Bertz CT molecular complexity index is 1070. The molecule has 0 amide bonds. The molecule has 0 bridgehead atoms. The van der Waals surface area contributed by atoms with Gasteiger partial charge < -0.3 is 0 Å². The number of benzene rings is 2. The first-order chi connectivity index (χ1) is 14.3. The normalized spacial score (nSPS) is 11.6. The van der Waals surface area contributed by atoms with Crippen LogP contribution in [0.4, 0.5) is 5.00 Å². The van der Waals surface area contributed by atoms with E-state index < -0.39 is 10.0 Å². The molecule has 0 unspecified atom stereocenters. The molecule has 1 aromatic heterocycles. The van der Waals surface area contributed by atoms with Crippen molar-refractivity contribution in [2.75, 3.05) is 11.4 Å². The molecule has 0 aliphatic carbocycles. The number of hydrogen-bond donors (Lipinski definition) is 0. The minimum atomic E-state index is -3.58. The Labute approximate surface area is 185 Å². The van der Waals surface area contributed by atoms with Crippen LogP contribution in [-0.4, -0.2) is 15.5 Å². The van der Waals surface area contributed by atoms with Crippen molar-refractivity contribution >= 4 is 26.4 Å². The van der Waals surface area contributed by atoms with Crippen molar-refractivity contribution in [3.05, 3.63) is 81.7 Å². The van der Waals surface area contributed by atoms with Crippen molar-refractivity contribution in [1.29, 1.82) is 0 Å². The fourth-order valence-electron chi connectivity index (χ4n) is 3.69. The van der Waals surface area contributed by atoms with Gasteiger partial charge in [0.05, 0.1) is 4.90 Å². The molecule has 3 rings (SSSR count). The molecule has 2 aromatic carbocycles. The highest BCUT2D eigenvalue weighted by Crippen LogP contribution is 2.39. The molecular formula is C25H31NO2S2. The lowest BCUT2D eigenvalue weighted by Crippen LogP contribution is -2.26. The molecule has 0 aliphatic rings. The Kier molecular flexibility index (Phi) is 7.37. The van der Waals surface area contributed by atoms with Crippen LogP contribution in [0.3, 0.4) is 0 Å². The molecule has 160 valence electrons. The third-order valence-electron chi connectivity index (χ3n) is 5.55.